The van der Waals surface area contributed by atoms with Crippen molar-refractivity contribution in [2.24, 2.45) is 0 Å². The highest BCUT2D eigenvalue weighted by Crippen LogP contribution is 2.13. The number of pyridine rings is 1. The molecular formula is C21H34ClNO2. The van der Waals surface area contributed by atoms with E-state index < -0.39 is 0 Å². The Morgan fingerprint density at radius 1 is 1.00 bits per heavy atom. The first-order chi connectivity index (χ1) is 11.6. The number of nitrogens with zero attached hydrogens (tertiary/aromatic N) is 1. The minimum Gasteiger partial charge on any atom is -1.00 e. The molecule has 0 amide bonds. The number of ether oxygens (including phenoxy) is 1. The summed E-state index contributed by atoms with van der Waals surface area (Å²) in [5.41, 5.74) is 0.467. The summed E-state index contributed by atoms with van der Waals surface area (Å²) in [6, 6.07) is 5.98. The van der Waals surface area contributed by atoms with Gasteiger partial charge in [0.05, 0.1) is 0 Å². The van der Waals surface area contributed by atoms with E-state index in [0.29, 0.717) is 12.1 Å². The van der Waals surface area contributed by atoms with Gasteiger partial charge < -0.3 is 17.1 Å². The Balaban J connectivity index is 0.00000576. The van der Waals surface area contributed by atoms with E-state index in [2.05, 4.69) is 18.1 Å². The van der Waals surface area contributed by atoms with Crippen molar-refractivity contribution in [1.29, 1.82) is 0 Å². The monoisotopic (exact) mass is 367 g/mol. The number of unbranched alkanes of at least 4 members (excludes halogenated alkanes) is 7. The molecule has 4 heteroatoms. The largest absolute Gasteiger partial charge is 1.00 e. The van der Waals surface area contributed by atoms with Gasteiger partial charge >= 0.3 is 5.97 Å². The first kappa shape index (κ1) is 23.6. The van der Waals surface area contributed by atoms with E-state index in [4.69, 9.17) is 4.74 Å². The average molecular weight is 368 g/mol. The lowest BCUT2D eigenvalue weighted by Crippen LogP contribution is -3.00. The van der Waals surface area contributed by atoms with E-state index in [1.165, 1.54) is 44.9 Å². The van der Waals surface area contributed by atoms with Crippen LogP contribution in [0.2, 0.25) is 0 Å². The van der Waals surface area contributed by atoms with Crippen LogP contribution < -0.4 is 17.0 Å². The quantitative estimate of drug-likeness (QED) is 0.231. The second-order valence-corrected chi connectivity index (χ2v) is 6.64. The van der Waals surface area contributed by atoms with Crippen molar-refractivity contribution in [3.05, 3.63) is 42.7 Å². The molecule has 0 aliphatic carbocycles. The second kappa shape index (κ2) is 14.9. The summed E-state index contributed by atoms with van der Waals surface area (Å²) in [5, 5.41) is 0. The molecule has 25 heavy (non-hydrogen) atoms. The lowest BCUT2D eigenvalue weighted by molar-refractivity contribution is -0.703. The lowest BCUT2D eigenvalue weighted by atomic mass is 10.1. The molecule has 0 aliphatic heterocycles. The molecule has 0 N–H and O–H groups in total. The van der Waals surface area contributed by atoms with Gasteiger partial charge in [-0.15, -0.1) is 0 Å². The molecule has 0 saturated heterocycles. The molecule has 1 aromatic heterocycles. The molecule has 0 spiro atoms. The fraction of sp³-hybridized carbons (Fsp3) is 0.619. The van der Waals surface area contributed by atoms with Gasteiger partial charge in [-0.2, -0.15) is 0 Å². The minimum absolute atomic E-state index is 0. The Morgan fingerprint density at radius 3 is 2.12 bits per heavy atom. The molecule has 0 saturated carbocycles. The number of hydrogen-bond donors (Lipinski definition) is 0. The molecule has 0 fully saturated rings. The Hall–Kier alpha value is -1.35. The third-order valence-electron chi connectivity index (χ3n) is 4.19. The summed E-state index contributed by atoms with van der Waals surface area (Å²) in [6.45, 7) is 8.33. The van der Waals surface area contributed by atoms with Crippen LogP contribution in [0.3, 0.4) is 0 Å². The summed E-state index contributed by atoms with van der Waals surface area (Å²) in [5.74, 6) is -0.281. The molecule has 1 heterocycles. The fourth-order valence-electron chi connectivity index (χ4n) is 2.74. The molecule has 1 unspecified atom stereocenters. The van der Waals surface area contributed by atoms with Gasteiger partial charge in [0.1, 0.15) is 0 Å². The zero-order valence-corrected chi connectivity index (χ0v) is 16.6. The molecule has 142 valence electrons. The van der Waals surface area contributed by atoms with Crippen molar-refractivity contribution in [3.63, 3.8) is 0 Å². The van der Waals surface area contributed by atoms with E-state index >= 15 is 0 Å². The van der Waals surface area contributed by atoms with Gasteiger partial charge in [-0.3, -0.25) is 0 Å². The molecule has 3 nitrogen and oxygen atoms in total. The smallest absolute Gasteiger partial charge is 0.333 e. The number of esters is 1. The predicted molar refractivity (Wildman–Crippen MR) is 98.6 cm³/mol. The molecule has 1 atom stereocenters. The van der Waals surface area contributed by atoms with Crippen molar-refractivity contribution in [2.45, 2.75) is 84.3 Å². The molecule has 0 aliphatic rings. The van der Waals surface area contributed by atoms with Crippen LogP contribution in [0.1, 0.15) is 71.6 Å². The van der Waals surface area contributed by atoms with Gasteiger partial charge in [0.2, 0.25) is 0 Å². The van der Waals surface area contributed by atoms with Crippen molar-refractivity contribution in [3.8, 4) is 0 Å². The molecule has 1 rings (SSSR count). The van der Waals surface area contributed by atoms with E-state index in [1.807, 2.05) is 30.6 Å². The highest BCUT2D eigenvalue weighted by atomic mass is 35.5. The van der Waals surface area contributed by atoms with Crippen LogP contribution in [0.25, 0.3) is 0 Å². The highest BCUT2D eigenvalue weighted by molar-refractivity contribution is 5.87. The second-order valence-electron chi connectivity index (χ2n) is 6.64. The Kier molecular flexibility index (Phi) is 14.1. The first-order valence-corrected chi connectivity index (χ1v) is 9.44. The van der Waals surface area contributed by atoms with Crippen LogP contribution in [0, 0.1) is 0 Å². The maximum absolute atomic E-state index is 11.8. The van der Waals surface area contributed by atoms with Crippen LogP contribution in [0.4, 0.5) is 0 Å². The number of aromatic nitrogens is 1. The molecule has 0 bridgehead atoms. The summed E-state index contributed by atoms with van der Waals surface area (Å²) >= 11 is 0. The highest BCUT2D eigenvalue weighted by Gasteiger charge is 2.19. The van der Waals surface area contributed by atoms with E-state index in [0.717, 1.165) is 12.8 Å². The molecular weight excluding hydrogens is 334 g/mol. The van der Waals surface area contributed by atoms with Crippen molar-refractivity contribution in [2.75, 3.05) is 0 Å². The number of hydrogen-bond acceptors (Lipinski definition) is 2. The van der Waals surface area contributed by atoms with Crippen LogP contribution in [-0.4, -0.2) is 12.1 Å². The predicted octanol–water partition coefficient (Wildman–Crippen LogP) is 2.00. The summed E-state index contributed by atoms with van der Waals surface area (Å²) < 4.78 is 7.69. The van der Waals surface area contributed by atoms with Crippen LogP contribution in [0.5, 0.6) is 0 Å². The van der Waals surface area contributed by atoms with E-state index in [-0.39, 0.29) is 24.5 Å². The van der Waals surface area contributed by atoms with E-state index in [9.17, 15) is 4.79 Å². The van der Waals surface area contributed by atoms with E-state index in [1.54, 1.807) is 6.92 Å². The van der Waals surface area contributed by atoms with Gasteiger partial charge in [-0.1, -0.05) is 64.5 Å². The van der Waals surface area contributed by atoms with Gasteiger partial charge in [0.15, 0.2) is 25.0 Å². The van der Waals surface area contributed by atoms with Crippen molar-refractivity contribution >= 4 is 5.97 Å². The zero-order chi connectivity index (χ0) is 17.6. The third-order valence-corrected chi connectivity index (χ3v) is 4.19. The number of carbonyl (C=O) groups excluding carboxylic acids is 1. The van der Waals surface area contributed by atoms with Gasteiger partial charge in [-0.25, -0.2) is 9.36 Å². The lowest BCUT2D eigenvalue weighted by Gasteiger charge is -2.15. The van der Waals surface area contributed by atoms with Crippen molar-refractivity contribution in [1.82, 2.24) is 0 Å². The molecule has 1 aromatic rings. The average Bonchev–Trinajstić information content (AvgIpc) is 2.58. The Bertz CT molecular complexity index is 476. The SMILES string of the molecule is C=C(C)C(=O)OC(CCCCCCCCCC)C[n+]1ccccc1.[Cl-]. The van der Waals surface area contributed by atoms with Crippen LogP contribution in [-0.2, 0) is 16.1 Å². The normalized spacial score (nSPS) is 11.4. The van der Waals surface area contributed by atoms with Gasteiger partial charge in [0, 0.05) is 17.7 Å². The minimum atomic E-state index is -0.281. The zero-order valence-electron chi connectivity index (χ0n) is 15.9. The number of halogens is 1. The topological polar surface area (TPSA) is 30.2 Å². The standard InChI is InChI=1S/C21H34NO2.ClH/c1-4-5-6-7-8-9-10-12-15-20(24-21(23)19(2)3)18-22-16-13-11-14-17-22;/h11,13-14,16-17,20H,2,4-10,12,15,18H2,1,3H3;1H/q+1;/p-1. The number of rotatable bonds is 13. The summed E-state index contributed by atoms with van der Waals surface area (Å²) in [4.78, 5) is 11.8. The van der Waals surface area contributed by atoms with Crippen molar-refractivity contribution < 1.29 is 26.5 Å². The molecule has 0 radical (unpaired) electrons. The van der Waals surface area contributed by atoms with Gasteiger partial charge in [-0.05, 0) is 19.8 Å². The Morgan fingerprint density at radius 2 is 1.56 bits per heavy atom. The first-order valence-electron chi connectivity index (χ1n) is 9.44. The fourth-order valence-corrected chi connectivity index (χ4v) is 2.74. The summed E-state index contributed by atoms with van der Waals surface area (Å²) in [6.07, 6.45) is 15.1. The van der Waals surface area contributed by atoms with Gasteiger partial charge in [0.25, 0.3) is 0 Å². The summed E-state index contributed by atoms with van der Waals surface area (Å²) in [7, 11) is 0. The maximum Gasteiger partial charge on any atom is 0.333 e. The third kappa shape index (κ3) is 11.8. The Labute approximate surface area is 159 Å². The maximum atomic E-state index is 11.8. The molecule has 0 aromatic carbocycles. The van der Waals surface area contributed by atoms with Crippen LogP contribution in [0.15, 0.2) is 42.7 Å². The van der Waals surface area contributed by atoms with Crippen LogP contribution >= 0.6 is 0 Å². The number of carbonyl (C=O) groups is 1.